The second-order valence-electron chi connectivity index (χ2n) is 6.48. The first-order chi connectivity index (χ1) is 9.98. The zero-order valence-electron chi connectivity index (χ0n) is 13.3. The maximum atomic E-state index is 5.91. The van der Waals surface area contributed by atoms with Gasteiger partial charge in [-0.05, 0) is 31.1 Å². The number of nitrogens with zero attached hydrogens (tertiary/aromatic N) is 2. The minimum absolute atomic E-state index is 0.248. The molecule has 0 bridgehead atoms. The molecule has 1 heterocycles. The number of ether oxygens (including phenoxy) is 2. The summed E-state index contributed by atoms with van der Waals surface area (Å²) in [5.74, 6) is 6.32. The van der Waals surface area contributed by atoms with Crippen LogP contribution < -0.4 is 16.0 Å². The molecule has 0 aromatic carbocycles. The maximum absolute atomic E-state index is 5.91. The molecule has 1 saturated carbocycles. The highest BCUT2D eigenvalue weighted by Crippen LogP contribution is 2.47. The number of nitrogens with two attached hydrogens (primary N) is 1. The summed E-state index contributed by atoms with van der Waals surface area (Å²) < 4.78 is 11.2. The summed E-state index contributed by atoms with van der Waals surface area (Å²) in [6.45, 7) is 4.58. The number of nitrogens with one attached hydrogen (secondary N) is 1. The molecule has 1 aromatic heterocycles. The van der Waals surface area contributed by atoms with Crippen molar-refractivity contribution in [2.24, 2.45) is 11.3 Å². The molecule has 1 fully saturated rings. The van der Waals surface area contributed by atoms with Crippen LogP contribution in [0.1, 0.15) is 51.3 Å². The average Bonchev–Trinajstić information content (AvgIpc) is 2.50. The van der Waals surface area contributed by atoms with E-state index in [-0.39, 0.29) is 11.6 Å². The maximum Gasteiger partial charge on any atom is 0.237 e. The molecule has 1 aliphatic carbocycles. The molecule has 3 N–H and O–H groups in total. The predicted molar refractivity (Wildman–Crippen MR) is 80.6 cm³/mol. The quantitative estimate of drug-likeness (QED) is 0.638. The SMILES string of the molecule is COc1nccnc1C(NN)C1(OC)CCC(C)(C)CC1. The van der Waals surface area contributed by atoms with Crippen molar-refractivity contribution in [3.8, 4) is 5.88 Å². The van der Waals surface area contributed by atoms with Crippen LogP contribution in [0.2, 0.25) is 0 Å². The van der Waals surface area contributed by atoms with Gasteiger partial charge in [-0.15, -0.1) is 0 Å². The number of aromatic nitrogens is 2. The summed E-state index contributed by atoms with van der Waals surface area (Å²) in [6, 6.07) is -0.248. The van der Waals surface area contributed by atoms with Crippen molar-refractivity contribution < 1.29 is 9.47 Å². The summed E-state index contributed by atoms with van der Waals surface area (Å²) in [7, 11) is 3.33. The summed E-state index contributed by atoms with van der Waals surface area (Å²) >= 11 is 0. The second-order valence-corrected chi connectivity index (χ2v) is 6.48. The lowest BCUT2D eigenvalue weighted by Gasteiger charge is -2.46. The van der Waals surface area contributed by atoms with Crippen LogP contribution in [0.25, 0.3) is 0 Å². The Kier molecular flexibility index (Phi) is 4.81. The van der Waals surface area contributed by atoms with Crippen LogP contribution in [0.3, 0.4) is 0 Å². The van der Waals surface area contributed by atoms with E-state index in [4.69, 9.17) is 15.3 Å². The van der Waals surface area contributed by atoms with Crippen molar-refractivity contribution in [1.29, 1.82) is 0 Å². The molecule has 0 radical (unpaired) electrons. The standard InChI is InChI=1S/C15H26N4O2/c1-14(2)5-7-15(21-4,8-6-14)12(19-16)11-13(20-3)18-10-9-17-11/h9-10,12,19H,5-8,16H2,1-4H3. The van der Waals surface area contributed by atoms with E-state index in [1.807, 2.05) is 0 Å². The van der Waals surface area contributed by atoms with Crippen molar-refractivity contribution in [3.63, 3.8) is 0 Å². The third kappa shape index (κ3) is 3.17. The Hall–Kier alpha value is -1.24. The molecule has 1 aliphatic rings. The number of methoxy groups -OCH3 is 2. The smallest absolute Gasteiger partial charge is 0.237 e. The summed E-state index contributed by atoms with van der Waals surface area (Å²) in [4.78, 5) is 8.63. The molecule has 0 spiro atoms. The van der Waals surface area contributed by atoms with E-state index >= 15 is 0 Å². The Labute approximate surface area is 126 Å². The van der Waals surface area contributed by atoms with Gasteiger partial charge in [-0.2, -0.15) is 0 Å². The van der Waals surface area contributed by atoms with Gasteiger partial charge in [0.05, 0.1) is 18.8 Å². The molecule has 6 heteroatoms. The first-order valence-corrected chi connectivity index (χ1v) is 7.34. The normalized spacial score (nSPS) is 21.8. The first-order valence-electron chi connectivity index (χ1n) is 7.34. The van der Waals surface area contributed by atoms with Crippen LogP contribution in [0, 0.1) is 5.41 Å². The summed E-state index contributed by atoms with van der Waals surface area (Å²) in [5.41, 5.74) is 3.53. The molecule has 1 aromatic rings. The van der Waals surface area contributed by atoms with Gasteiger partial charge in [-0.1, -0.05) is 13.8 Å². The Morgan fingerprint density at radius 2 is 1.76 bits per heavy atom. The molecule has 1 atom stereocenters. The Balaban J connectivity index is 2.34. The van der Waals surface area contributed by atoms with Gasteiger partial charge in [0.25, 0.3) is 0 Å². The van der Waals surface area contributed by atoms with E-state index in [1.165, 1.54) is 0 Å². The highest BCUT2D eigenvalue weighted by atomic mass is 16.5. The van der Waals surface area contributed by atoms with Crippen LogP contribution in [-0.2, 0) is 4.74 Å². The largest absolute Gasteiger partial charge is 0.480 e. The van der Waals surface area contributed by atoms with E-state index < -0.39 is 0 Å². The average molecular weight is 294 g/mol. The van der Waals surface area contributed by atoms with Crippen LogP contribution >= 0.6 is 0 Å². The minimum Gasteiger partial charge on any atom is -0.480 e. The molecule has 0 saturated heterocycles. The molecular formula is C15H26N4O2. The van der Waals surface area contributed by atoms with Gasteiger partial charge in [0.15, 0.2) is 0 Å². The van der Waals surface area contributed by atoms with E-state index in [1.54, 1.807) is 26.6 Å². The number of hydrazine groups is 1. The number of rotatable bonds is 5. The second kappa shape index (κ2) is 6.25. The van der Waals surface area contributed by atoms with Crippen molar-refractivity contribution in [3.05, 3.63) is 18.1 Å². The van der Waals surface area contributed by atoms with Crippen molar-refractivity contribution in [1.82, 2.24) is 15.4 Å². The van der Waals surface area contributed by atoms with Crippen molar-refractivity contribution >= 4 is 0 Å². The predicted octanol–water partition coefficient (Wildman–Crippen LogP) is 1.97. The highest BCUT2D eigenvalue weighted by molar-refractivity contribution is 5.25. The third-order valence-corrected chi connectivity index (χ3v) is 4.71. The van der Waals surface area contributed by atoms with E-state index in [0.717, 1.165) is 25.7 Å². The van der Waals surface area contributed by atoms with Crippen molar-refractivity contribution in [2.75, 3.05) is 14.2 Å². The zero-order valence-corrected chi connectivity index (χ0v) is 13.3. The number of hydrogen-bond donors (Lipinski definition) is 2. The lowest BCUT2D eigenvalue weighted by Crippen LogP contribution is -2.51. The molecule has 118 valence electrons. The fourth-order valence-corrected chi connectivity index (χ4v) is 3.13. The Bertz CT molecular complexity index is 468. The summed E-state index contributed by atoms with van der Waals surface area (Å²) in [5, 5.41) is 0. The van der Waals surface area contributed by atoms with Gasteiger partial charge in [0.2, 0.25) is 5.88 Å². The molecule has 0 amide bonds. The van der Waals surface area contributed by atoms with E-state index in [2.05, 4.69) is 29.2 Å². The van der Waals surface area contributed by atoms with Gasteiger partial charge in [0.1, 0.15) is 5.69 Å². The van der Waals surface area contributed by atoms with Crippen LogP contribution in [0.4, 0.5) is 0 Å². The number of hydrogen-bond acceptors (Lipinski definition) is 6. The first kappa shape index (κ1) is 16.1. The topological polar surface area (TPSA) is 82.3 Å². The lowest BCUT2D eigenvalue weighted by atomic mass is 9.68. The van der Waals surface area contributed by atoms with Crippen molar-refractivity contribution in [2.45, 2.75) is 51.2 Å². The Morgan fingerprint density at radius 3 is 2.29 bits per heavy atom. The van der Waals surface area contributed by atoms with Gasteiger partial charge < -0.3 is 9.47 Å². The molecule has 6 nitrogen and oxygen atoms in total. The van der Waals surface area contributed by atoms with Crippen LogP contribution in [-0.4, -0.2) is 29.8 Å². The minimum atomic E-state index is -0.381. The molecule has 1 unspecified atom stereocenters. The fourth-order valence-electron chi connectivity index (χ4n) is 3.13. The highest BCUT2D eigenvalue weighted by Gasteiger charge is 2.46. The zero-order chi connectivity index (χ0) is 15.5. The Morgan fingerprint density at radius 1 is 1.14 bits per heavy atom. The van der Waals surface area contributed by atoms with Gasteiger partial charge >= 0.3 is 0 Å². The molecule has 0 aliphatic heterocycles. The summed E-state index contributed by atoms with van der Waals surface area (Å²) in [6.07, 6.45) is 7.27. The van der Waals surface area contributed by atoms with Gasteiger partial charge in [-0.3, -0.25) is 10.8 Å². The van der Waals surface area contributed by atoms with Crippen LogP contribution in [0.15, 0.2) is 12.4 Å². The fraction of sp³-hybridized carbons (Fsp3) is 0.733. The van der Waals surface area contributed by atoms with E-state index in [9.17, 15) is 0 Å². The van der Waals surface area contributed by atoms with E-state index in [0.29, 0.717) is 17.0 Å². The van der Waals surface area contributed by atoms with Crippen LogP contribution in [0.5, 0.6) is 5.88 Å². The molecular weight excluding hydrogens is 268 g/mol. The monoisotopic (exact) mass is 294 g/mol. The lowest BCUT2D eigenvalue weighted by molar-refractivity contribution is -0.0890. The van der Waals surface area contributed by atoms with Gasteiger partial charge in [0, 0.05) is 19.5 Å². The third-order valence-electron chi connectivity index (χ3n) is 4.71. The van der Waals surface area contributed by atoms with Gasteiger partial charge in [-0.25, -0.2) is 10.4 Å². The molecule has 21 heavy (non-hydrogen) atoms. The molecule has 2 rings (SSSR count).